The summed E-state index contributed by atoms with van der Waals surface area (Å²) >= 11 is 0. The van der Waals surface area contributed by atoms with Crippen molar-refractivity contribution in [3.63, 3.8) is 0 Å². The van der Waals surface area contributed by atoms with Crippen molar-refractivity contribution in [2.24, 2.45) is 0 Å². The topological polar surface area (TPSA) is 49.2 Å². The first kappa shape index (κ1) is 10.3. The van der Waals surface area contributed by atoms with Crippen LogP contribution in [0.2, 0.25) is 0 Å². The zero-order chi connectivity index (χ0) is 10.9. The molecule has 0 spiro atoms. The lowest BCUT2D eigenvalue weighted by Gasteiger charge is -2.36. The van der Waals surface area contributed by atoms with Crippen LogP contribution in [0.25, 0.3) is 0 Å². The zero-order valence-electron chi connectivity index (χ0n) is 8.65. The summed E-state index contributed by atoms with van der Waals surface area (Å²) in [6.07, 6.45) is 3.97. The van der Waals surface area contributed by atoms with Crippen molar-refractivity contribution in [2.75, 3.05) is 18.0 Å². The Hall–Kier alpha value is -1.23. The van der Waals surface area contributed by atoms with Crippen molar-refractivity contribution in [1.29, 1.82) is 0 Å². The van der Waals surface area contributed by atoms with E-state index in [0.717, 1.165) is 31.8 Å². The molecule has 2 heterocycles. The molecule has 82 valence electrons. The molecule has 4 nitrogen and oxygen atoms in total. The lowest BCUT2D eigenvalue weighted by molar-refractivity contribution is 0.0444. The van der Waals surface area contributed by atoms with E-state index in [1.165, 1.54) is 0 Å². The summed E-state index contributed by atoms with van der Waals surface area (Å²) in [4.78, 5) is 9.67. The second kappa shape index (κ2) is 3.73. The van der Waals surface area contributed by atoms with E-state index in [2.05, 4.69) is 9.97 Å². The largest absolute Gasteiger partial charge is 0.388 e. The summed E-state index contributed by atoms with van der Waals surface area (Å²) in [5.74, 6) is 0.0406. The van der Waals surface area contributed by atoms with Crippen LogP contribution in [0.3, 0.4) is 0 Å². The Morgan fingerprint density at radius 3 is 2.73 bits per heavy atom. The molecule has 1 unspecified atom stereocenters. The third-order valence-electron chi connectivity index (χ3n) is 2.56. The molecule has 2 rings (SSSR count). The van der Waals surface area contributed by atoms with Gasteiger partial charge in [0.25, 0.3) is 0 Å². The number of rotatable bonds is 1. The standard InChI is InChI=1S/C10H14FN3O/c1-10(15)3-2-4-14(7-10)9-12-5-8(11)6-13-9/h5-6,15H,2-4,7H2,1H3. The Morgan fingerprint density at radius 2 is 2.13 bits per heavy atom. The van der Waals surface area contributed by atoms with Crippen LogP contribution in [0.5, 0.6) is 0 Å². The summed E-state index contributed by atoms with van der Waals surface area (Å²) in [7, 11) is 0. The maximum atomic E-state index is 12.6. The molecule has 15 heavy (non-hydrogen) atoms. The molecule has 1 aromatic rings. The van der Waals surface area contributed by atoms with E-state index in [1.807, 2.05) is 4.90 Å². The number of β-amino-alcohol motifs (C(OH)–C–C–N with tert-alkyl or cyclic N) is 1. The van der Waals surface area contributed by atoms with Crippen LogP contribution in [-0.4, -0.2) is 33.8 Å². The minimum Gasteiger partial charge on any atom is -0.388 e. The van der Waals surface area contributed by atoms with Crippen LogP contribution in [0.4, 0.5) is 10.3 Å². The van der Waals surface area contributed by atoms with E-state index in [0.29, 0.717) is 12.5 Å². The molecule has 0 aromatic carbocycles. The first-order valence-corrected chi connectivity index (χ1v) is 5.02. The van der Waals surface area contributed by atoms with Crippen LogP contribution < -0.4 is 4.90 Å². The molecular weight excluding hydrogens is 197 g/mol. The highest BCUT2D eigenvalue weighted by Crippen LogP contribution is 2.22. The van der Waals surface area contributed by atoms with E-state index < -0.39 is 11.4 Å². The maximum Gasteiger partial charge on any atom is 0.225 e. The average molecular weight is 211 g/mol. The summed E-state index contributed by atoms with van der Waals surface area (Å²) in [5.41, 5.74) is -0.698. The van der Waals surface area contributed by atoms with Crippen LogP contribution in [0, 0.1) is 5.82 Å². The highest BCUT2D eigenvalue weighted by atomic mass is 19.1. The molecule has 5 heteroatoms. The average Bonchev–Trinajstić information content (AvgIpc) is 2.17. The van der Waals surface area contributed by atoms with E-state index in [-0.39, 0.29) is 0 Å². The Kier molecular flexibility index (Phi) is 2.56. The van der Waals surface area contributed by atoms with Gasteiger partial charge in [-0.2, -0.15) is 0 Å². The molecule has 1 aliphatic heterocycles. The van der Waals surface area contributed by atoms with Crippen molar-refractivity contribution >= 4 is 5.95 Å². The van der Waals surface area contributed by atoms with Crippen LogP contribution in [-0.2, 0) is 0 Å². The van der Waals surface area contributed by atoms with Gasteiger partial charge in [0.15, 0.2) is 5.82 Å². The van der Waals surface area contributed by atoms with E-state index in [9.17, 15) is 9.50 Å². The maximum absolute atomic E-state index is 12.6. The summed E-state index contributed by atoms with van der Waals surface area (Å²) in [5, 5.41) is 9.89. The molecule has 0 saturated carbocycles. The summed E-state index contributed by atoms with van der Waals surface area (Å²) < 4.78 is 12.6. The van der Waals surface area contributed by atoms with Gasteiger partial charge in [0.05, 0.1) is 18.0 Å². The number of hydrogen-bond acceptors (Lipinski definition) is 4. The molecule has 0 amide bonds. The summed E-state index contributed by atoms with van der Waals surface area (Å²) in [6, 6.07) is 0. The highest BCUT2D eigenvalue weighted by molar-refractivity contribution is 5.30. The molecule has 1 aromatic heterocycles. The predicted octanol–water partition coefficient (Wildman–Crippen LogP) is 0.967. The number of piperidine rings is 1. The minimum atomic E-state index is -0.698. The van der Waals surface area contributed by atoms with Crippen LogP contribution in [0.1, 0.15) is 19.8 Å². The van der Waals surface area contributed by atoms with Gasteiger partial charge in [0.1, 0.15) is 0 Å². The molecule has 0 aliphatic carbocycles. The Morgan fingerprint density at radius 1 is 1.47 bits per heavy atom. The number of aliphatic hydroxyl groups is 1. The molecule has 1 N–H and O–H groups in total. The fraction of sp³-hybridized carbons (Fsp3) is 0.600. The van der Waals surface area contributed by atoms with Gasteiger partial charge in [0, 0.05) is 13.1 Å². The second-order valence-corrected chi connectivity index (χ2v) is 4.22. The van der Waals surface area contributed by atoms with Crippen molar-refractivity contribution in [3.8, 4) is 0 Å². The lowest BCUT2D eigenvalue weighted by atomic mass is 9.95. The molecule has 1 aliphatic rings. The van der Waals surface area contributed by atoms with E-state index >= 15 is 0 Å². The molecule has 0 radical (unpaired) electrons. The number of aromatic nitrogens is 2. The second-order valence-electron chi connectivity index (χ2n) is 4.22. The third kappa shape index (κ3) is 2.41. The smallest absolute Gasteiger partial charge is 0.225 e. The van der Waals surface area contributed by atoms with Crippen LogP contribution in [0.15, 0.2) is 12.4 Å². The normalized spacial score (nSPS) is 26.7. The van der Waals surface area contributed by atoms with Crippen molar-refractivity contribution in [3.05, 3.63) is 18.2 Å². The quantitative estimate of drug-likeness (QED) is 0.752. The molecular formula is C10H14FN3O. The van der Waals surface area contributed by atoms with Gasteiger partial charge in [-0.3, -0.25) is 0 Å². The number of anilines is 1. The number of nitrogens with zero attached hydrogens (tertiary/aromatic N) is 3. The molecule has 1 atom stereocenters. The molecule has 1 fully saturated rings. The summed E-state index contributed by atoms with van der Waals surface area (Å²) in [6.45, 7) is 3.10. The van der Waals surface area contributed by atoms with Crippen molar-refractivity contribution in [2.45, 2.75) is 25.4 Å². The van der Waals surface area contributed by atoms with Gasteiger partial charge in [-0.1, -0.05) is 0 Å². The highest BCUT2D eigenvalue weighted by Gasteiger charge is 2.29. The number of hydrogen-bond donors (Lipinski definition) is 1. The fourth-order valence-electron chi connectivity index (χ4n) is 1.86. The molecule has 1 saturated heterocycles. The fourth-order valence-corrected chi connectivity index (χ4v) is 1.86. The number of halogens is 1. The SMILES string of the molecule is CC1(O)CCCN(c2ncc(F)cn2)C1. The van der Waals surface area contributed by atoms with Crippen molar-refractivity contribution in [1.82, 2.24) is 9.97 Å². The Labute approximate surface area is 87.8 Å². The van der Waals surface area contributed by atoms with Gasteiger partial charge in [0.2, 0.25) is 5.95 Å². The van der Waals surface area contributed by atoms with Gasteiger partial charge in [-0.15, -0.1) is 0 Å². The third-order valence-corrected chi connectivity index (χ3v) is 2.56. The molecule has 0 bridgehead atoms. The van der Waals surface area contributed by atoms with Crippen molar-refractivity contribution < 1.29 is 9.50 Å². The minimum absolute atomic E-state index is 0.442. The first-order valence-electron chi connectivity index (χ1n) is 5.02. The Balaban J connectivity index is 2.13. The van der Waals surface area contributed by atoms with Gasteiger partial charge in [-0.05, 0) is 19.8 Å². The zero-order valence-corrected chi connectivity index (χ0v) is 8.65. The predicted molar refractivity (Wildman–Crippen MR) is 54.1 cm³/mol. The lowest BCUT2D eigenvalue weighted by Crippen LogP contribution is -2.46. The monoisotopic (exact) mass is 211 g/mol. The van der Waals surface area contributed by atoms with Gasteiger partial charge >= 0.3 is 0 Å². The van der Waals surface area contributed by atoms with Gasteiger partial charge in [-0.25, -0.2) is 14.4 Å². The van der Waals surface area contributed by atoms with Crippen LogP contribution >= 0.6 is 0 Å². The van der Waals surface area contributed by atoms with E-state index in [1.54, 1.807) is 6.92 Å². The van der Waals surface area contributed by atoms with E-state index in [4.69, 9.17) is 0 Å². The first-order chi connectivity index (χ1) is 7.07. The Bertz CT molecular complexity index is 339. The van der Waals surface area contributed by atoms with Gasteiger partial charge < -0.3 is 10.0 Å².